The van der Waals surface area contributed by atoms with E-state index in [0.717, 1.165) is 0 Å². The van der Waals surface area contributed by atoms with Crippen LogP contribution in [0.3, 0.4) is 0 Å². The third-order valence-corrected chi connectivity index (χ3v) is 0.164. The molecule has 0 radical (unpaired) electrons. The van der Waals surface area contributed by atoms with Crippen molar-refractivity contribution in [1.82, 2.24) is 0 Å². The first-order valence-electron chi connectivity index (χ1n) is 0.728. The van der Waals surface area contributed by atoms with Gasteiger partial charge in [0.2, 0.25) is 0 Å². The molecule has 0 spiro atoms. The van der Waals surface area contributed by atoms with E-state index in [1.165, 1.54) is 0 Å². The Bertz CT molecular complexity index is 42.8. The lowest BCUT2D eigenvalue weighted by Crippen LogP contribution is -1.71. The molecule has 0 aromatic heterocycles. The van der Waals surface area contributed by atoms with Crippen LogP contribution in [0.1, 0.15) is 0 Å². The van der Waals surface area contributed by atoms with Gasteiger partial charge in [0, 0.05) is 11.4 Å². The van der Waals surface area contributed by atoms with Gasteiger partial charge < -0.3 is 5.73 Å². The number of rotatable bonds is 0. The van der Waals surface area contributed by atoms with Crippen molar-refractivity contribution < 1.29 is 0 Å². The fourth-order valence-electron chi connectivity index (χ4n) is 0. The van der Waals surface area contributed by atoms with Gasteiger partial charge in [-0.2, -0.15) is 0 Å². The Morgan fingerprint density at radius 3 is 2.00 bits per heavy atom. The van der Waals surface area contributed by atoms with E-state index in [9.17, 15) is 0 Å². The van der Waals surface area contributed by atoms with Gasteiger partial charge in [-0.3, -0.25) is 0 Å². The van der Waals surface area contributed by atoms with E-state index in [4.69, 9.17) is 11.6 Å². The van der Waals surface area contributed by atoms with Crippen molar-refractivity contribution in [2.45, 2.75) is 0 Å². The van der Waals surface area contributed by atoms with Gasteiger partial charge >= 0.3 is 0 Å². The van der Waals surface area contributed by atoms with E-state index in [1.807, 2.05) is 11.4 Å². The molecule has 0 fully saturated rings. The SMILES string of the molecule is NC#CCl. The molecule has 0 bridgehead atoms. The predicted octanol–water partition coefficient (Wildman–Crippen LogP) is 0.102. The highest BCUT2D eigenvalue weighted by molar-refractivity contribution is 6.30. The molecule has 0 aromatic rings. The van der Waals surface area contributed by atoms with Gasteiger partial charge in [0.15, 0.2) is 0 Å². The van der Waals surface area contributed by atoms with E-state index < -0.39 is 0 Å². The van der Waals surface area contributed by atoms with Crippen molar-refractivity contribution in [2.75, 3.05) is 0 Å². The maximum Gasteiger partial charge on any atom is 0.0269 e. The molecule has 4 heavy (non-hydrogen) atoms. The van der Waals surface area contributed by atoms with Crippen molar-refractivity contribution in [1.29, 1.82) is 0 Å². The fraction of sp³-hybridized carbons (Fsp3) is 0. The first kappa shape index (κ1) is 3.65. The summed E-state index contributed by atoms with van der Waals surface area (Å²) in [5.74, 6) is 0. The first-order chi connectivity index (χ1) is 1.91. The Labute approximate surface area is 29.7 Å². The lowest BCUT2D eigenvalue weighted by molar-refractivity contribution is 1.75. The fourth-order valence-corrected chi connectivity index (χ4v) is 0. The van der Waals surface area contributed by atoms with Crippen LogP contribution >= 0.6 is 11.6 Å². The Kier molecular flexibility index (Phi) is 2.42. The van der Waals surface area contributed by atoms with Crippen molar-refractivity contribution in [3.63, 3.8) is 0 Å². The van der Waals surface area contributed by atoms with Gasteiger partial charge in [-0.05, 0) is 11.6 Å². The van der Waals surface area contributed by atoms with Crippen LogP contribution in [0.15, 0.2) is 0 Å². The average Bonchev–Trinajstić information content (AvgIpc) is 1.37. The van der Waals surface area contributed by atoms with E-state index in [0.29, 0.717) is 0 Å². The van der Waals surface area contributed by atoms with E-state index >= 15 is 0 Å². The Morgan fingerprint density at radius 2 is 2.00 bits per heavy atom. The van der Waals surface area contributed by atoms with E-state index in [2.05, 4.69) is 5.73 Å². The van der Waals surface area contributed by atoms with Gasteiger partial charge in [-0.15, -0.1) is 0 Å². The standard InChI is InChI=1S/C2H2ClN/c3-1-2-4/h4H2. The monoisotopic (exact) mass is 75.0 g/mol. The largest absolute Gasteiger partial charge is 0.358 e. The van der Waals surface area contributed by atoms with Crippen LogP contribution in [0.2, 0.25) is 0 Å². The minimum Gasteiger partial charge on any atom is -0.358 e. The summed E-state index contributed by atoms with van der Waals surface area (Å²) in [4.78, 5) is 0. The molecule has 0 unspecified atom stereocenters. The molecule has 0 aliphatic heterocycles. The van der Waals surface area contributed by atoms with Crippen LogP contribution in [-0.2, 0) is 0 Å². The Balaban J connectivity index is 2.83. The zero-order chi connectivity index (χ0) is 3.41. The molecule has 0 saturated heterocycles. The third-order valence-electron chi connectivity index (χ3n) is 0.0546. The smallest absolute Gasteiger partial charge is 0.0269 e. The summed E-state index contributed by atoms with van der Waals surface area (Å²) < 4.78 is 0. The lowest BCUT2D eigenvalue weighted by atomic mass is 11.2. The minimum atomic E-state index is 1.93. The number of hydrogen-bond acceptors (Lipinski definition) is 1. The topological polar surface area (TPSA) is 26.0 Å². The van der Waals surface area contributed by atoms with Gasteiger partial charge in [0.25, 0.3) is 0 Å². The maximum atomic E-state index is 4.70. The quantitative estimate of drug-likeness (QED) is 0.321. The molecular weight excluding hydrogens is 73.5 g/mol. The lowest BCUT2D eigenvalue weighted by Gasteiger charge is -1.40. The molecule has 1 nitrogen and oxygen atoms in total. The molecule has 0 saturated carbocycles. The molecule has 0 heterocycles. The summed E-state index contributed by atoms with van der Waals surface area (Å²) in [5, 5.41) is 1.93. The van der Waals surface area contributed by atoms with Crippen molar-refractivity contribution in [3.05, 3.63) is 0 Å². The highest BCUT2D eigenvalue weighted by Crippen LogP contribution is 1.51. The van der Waals surface area contributed by atoms with Crippen LogP contribution in [0.5, 0.6) is 0 Å². The maximum absolute atomic E-state index is 4.70. The van der Waals surface area contributed by atoms with Gasteiger partial charge in [0.1, 0.15) is 0 Å². The first-order valence-corrected chi connectivity index (χ1v) is 1.11. The molecule has 0 aromatic carbocycles. The van der Waals surface area contributed by atoms with Crippen LogP contribution in [0.25, 0.3) is 0 Å². The molecule has 2 heteroatoms. The number of halogens is 1. The van der Waals surface area contributed by atoms with Crippen LogP contribution in [0.4, 0.5) is 0 Å². The Morgan fingerprint density at radius 1 is 1.75 bits per heavy atom. The summed E-state index contributed by atoms with van der Waals surface area (Å²) in [7, 11) is 0. The summed E-state index contributed by atoms with van der Waals surface area (Å²) >= 11 is 4.70. The van der Waals surface area contributed by atoms with Crippen molar-refractivity contribution in [2.24, 2.45) is 5.73 Å². The highest BCUT2D eigenvalue weighted by atomic mass is 35.5. The average molecular weight is 75.5 g/mol. The summed E-state index contributed by atoms with van der Waals surface area (Å²) in [5.41, 5.74) is 4.53. The Hall–Kier alpha value is -0.350. The van der Waals surface area contributed by atoms with Gasteiger partial charge in [-0.25, -0.2) is 0 Å². The normalized spacial score (nSPS) is 3.25. The van der Waals surface area contributed by atoms with Crippen LogP contribution in [0, 0.1) is 11.4 Å². The second-order valence-corrected chi connectivity index (χ2v) is 0.428. The van der Waals surface area contributed by atoms with Gasteiger partial charge in [0.05, 0.1) is 0 Å². The summed E-state index contributed by atoms with van der Waals surface area (Å²) in [6.07, 6.45) is 0. The minimum absolute atomic E-state index is 1.93. The number of hydrogen-bond donors (Lipinski definition) is 1. The molecular formula is C2H2ClN. The molecule has 0 aliphatic rings. The van der Waals surface area contributed by atoms with Crippen LogP contribution in [-0.4, -0.2) is 0 Å². The second-order valence-electron chi connectivity index (χ2n) is 0.239. The van der Waals surface area contributed by atoms with Crippen molar-refractivity contribution >= 4 is 11.6 Å². The van der Waals surface area contributed by atoms with Crippen molar-refractivity contribution in [3.8, 4) is 11.4 Å². The van der Waals surface area contributed by atoms with E-state index in [1.54, 1.807) is 0 Å². The summed E-state index contributed by atoms with van der Waals surface area (Å²) in [6, 6.07) is 1.95. The van der Waals surface area contributed by atoms with E-state index in [-0.39, 0.29) is 0 Å². The summed E-state index contributed by atoms with van der Waals surface area (Å²) in [6.45, 7) is 0. The molecule has 0 rings (SSSR count). The zero-order valence-corrected chi connectivity index (χ0v) is 2.71. The third kappa shape index (κ3) is 1.65. The molecule has 2 N–H and O–H groups in total. The van der Waals surface area contributed by atoms with Crippen LogP contribution < -0.4 is 5.73 Å². The molecule has 22 valence electrons. The molecule has 0 atom stereocenters. The van der Waals surface area contributed by atoms with Gasteiger partial charge in [-0.1, -0.05) is 0 Å². The molecule has 0 amide bonds. The predicted molar refractivity (Wildman–Crippen MR) is 17.8 cm³/mol. The zero-order valence-electron chi connectivity index (χ0n) is 1.96. The highest BCUT2D eigenvalue weighted by Gasteiger charge is 1.29. The number of nitrogens with two attached hydrogens (primary N) is 1. The second kappa shape index (κ2) is 2.65. The molecule has 0 aliphatic carbocycles.